The highest BCUT2D eigenvalue weighted by molar-refractivity contribution is 6.76. The Morgan fingerprint density at radius 3 is 1.78 bits per heavy atom. The first kappa shape index (κ1) is 43.7. The Bertz CT molecular complexity index is 1650. The number of hydrogen-bond donors (Lipinski definition) is 1. The van der Waals surface area contributed by atoms with Gasteiger partial charge in [0.15, 0.2) is 5.82 Å². The molecule has 0 radical (unpaired) electrons. The minimum atomic E-state index is -1.04. The number of nitrogens with one attached hydrogen (secondary N) is 1. The first-order valence-corrected chi connectivity index (χ1v) is 25.2. The second-order valence-corrected chi connectivity index (χ2v) is 25.8. The van der Waals surface area contributed by atoms with Gasteiger partial charge in [0.05, 0.1) is 43.8 Å². The van der Waals surface area contributed by atoms with Gasteiger partial charge in [-0.25, -0.2) is 29.3 Å². The van der Waals surface area contributed by atoms with E-state index in [0.29, 0.717) is 24.9 Å². The van der Waals surface area contributed by atoms with Crippen LogP contribution in [-0.4, -0.2) is 84.5 Å². The van der Waals surface area contributed by atoms with Gasteiger partial charge in [-0.15, -0.1) is 5.10 Å². The van der Waals surface area contributed by atoms with Crippen LogP contribution in [0.5, 0.6) is 11.8 Å². The van der Waals surface area contributed by atoms with Crippen molar-refractivity contribution in [2.75, 3.05) is 26.4 Å². The highest BCUT2D eigenvalue weighted by Gasteiger charge is 2.16. The highest BCUT2D eigenvalue weighted by Crippen LogP contribution is 2.20. The summed E-state index contributed by atoms with van der Waals surface area (Å²) in [6, 6.07) is 12.4. The van der Waals surface area contributed by atoms with Crippen molar-refractivity contribution in [3.8, 4) is 17.6 Å². The Hall–Kier alpha value is -3.44. The quantitative estimate of drug-likeness (QED) is 0.0535. The summed E-state index contributed by atoms with van der Waals surface area (Å²) in [5.41, 5.74) is 0.468. The maximum absolute atomic E-state index is 11.7. The van der Waals surface area contributed by atoms with E-state index in [9.17, 15) is 9.59 Å². The molecule has 280 valence electrons. The number of pyridine rings is 2. The molecule has 4 rings (SSSR count). The first-order chi connectivity index (χ1) is 24.0. The van der Waals surface area contributed by atoms with Gasteiger partial charge >= 0.3 is 11.9 Å². The Kier molecular flexibility index (Phi) is 18.7. The monoisotopic (exact) mass is 798 g/mol. The third kappa shape index (κ3) is 17.6. The van der Waals surface area contributed by atoms with Gasteiger partial charge in [-0.3, -0.25) is 0 Å². The predicted octanol–water partition coefficient (Wildman–Crippen LogP) is 9.29. The summed E-state index contributed by atoms with van der Waals surface area (Å²) in [5.74, 6) is 0.851. The van der Waals surface area contributed by atoms with Crippen molar-refractivity contribution < 1.29 is 28.5 Å². The van der Waals surface area contributed by atoms with Gasteiger partial charge in [0.1, 0.15) is 15.5 Å². The first-order valence-electron chi connectivity index (χ1n) is 16.7. The lowest BCUT2D eigenvalue weighted by atomic mass is 10.3. The maximum atomic E-state index is 11.7. The summed E-state index contributed by atoms with van der Waals surface area (Å²) in [5, 5.41) is 11.3. The van der Waals surface area contributed by atoms with Crippen LogP contribution in [0.3, 0.4) is 0 Å². The molecule has 0 fully saturated rings. The summed E-state index contributed by atoms with van der Waals surface area (Å²) in [6.07, 6.45) is 5.63. The zero-order valence-electron chi connectivity index (χ0n) is 30.6. The number of carbonyl (C=O) groups excluding carboxylic acids is 2. The van der Waals surface area contributed by atoms with E-state index >= 15 is 0 Å². The van der Waals surface area contributed by atoms with E-state index in [-0.39, 0.29) is 33.2 Å². The number of ether oxygens (including phenoxy) is 4. The molecular formula is C34H49Cl3N6O6Si2. The molecule has 1 N–H and O–H groups in total. The molecular weight excluding hydrogens is 751 g/mol. The smallest absolute Gasteiger partial charge is 0.341 e. The molecule has 0 spiro atoms. The lowest BCUT2D eigenvalue weighted by molar-refractivity contribution is 0.0516. The Balaban J connectivity index is 0.000000292. The van der Waals surface area contributed by atoms with E-state index in [4.69, 9.17) is 53.8 Å². The molecule has 0 aliphatic rings. The molecule has 4 aromatic rings. The molecule has 17 heteroatoms. The molecule has 0 unspecified atom stereocenters. The molecule has 0 amide bonds. The molecule has 4 aromatic heterocycles. The number of nitrogens with zero attached hydrogens (tertiary/aromatic N) is 5. The van der Waals surface area contributed by atoms with Crippen LogP contribution in [-0.2, 0) is 9.47 Å². The van der Waals surface area contributed by atoms with Gasteiger partial charge in [-0.2, -0.15) is 5.10 Å². The Labute approximate surface area is 317 Å². The van der Waals surface area contributed by atoms with Crippen LogP contribution < -0.4 is 9.47 Å². The average molecular weight is 800 g/mol. The fraction of sp³-hybridized carbons (Fsp3) is 0.471. The van der Waals surface area contributed by atoms with E-state index in [1.807, 2.05) is 6.07 Å². The third-order valence-electron chi connectivity index (χ3n) is 6.56. The van der Waals surface area contributed by atoms with E-state index < -0.39 is 28.1 Å². The van der Waals surface area contributed by atoms with Gasteiger partial charge in [-0.1, -0.05) is 86.2 Å². The minimum absolute atomic E-state index is 0.0611. The standard InChI is InChI=1S/C17H24ClN3O3Si.C9H18N2OSi.C8H7Cl2NO2/c1-5-23-17(22)13-7-8-14(19-16(13)18)21-10-9-15(20-21)24-11-6-12-25(2,3)4;1-13(2,3)8-4-7-12-9-5-6-10-11-9;1-2-13-8(12)5-3-4-6(9)11-7(5)10/h7-10H,5-6,11-12H2,1-4H3;5-6H,4,7-8H2,1-3H3,(H,10,11);3-4H,2H2,1H3. The normalized spacial score (nSPS) is 11.0. The van der Waals surface area contributed by atoms with Gasteiger partial charge in [0.25, 0.3) is 0 Å². The fourth-order valence-corrected chi connectivity index (χ4v) is 7.14. The molecule has 4 heterocycles. The van der Waals surface area contributed by atoms with Crippen LogP contribution in [0.2, 0.25) is 66.8 Å². The molecule has 12 nitrogen and oxygen atoms in total. The molecule has 0 aromatic carbocycles. The van der Waals surface area contributed by atoms with Gasteiger partial charge in [-0.05, 0) is 51.0 Å². The largest absolute Gasteiger partial charge is 0.478 e. The molecule has 0 bridgehead atoms. The number of hydrogen-bond acceptors (Lipinski definition) is 10. The van der Waals surface area contributed by atoms with Crippen molar-refractivity contribution in [2.24, 2.45) is 0 Å². The zero-order valence-corrected chi connectivity index (χ0v) is 34.9. The lowest BCUT2D eigenvalue weighted by Crippen LogP contribution is -2.20. The van der Waals surface area contributed by atoms with E-state index in [1.165, 1.54) is 24.2 Å². The van der Waals surface area contributed by atoms with Gasteiger partial charge < -0.3 is 18.9 Å². The number of H-pyrrole nitrogens is 1. The molecule has 0 saturated carbocycles. The number of rotatable bonds is 15. The van der Waals surface area contributed by atoms with Crippen molar-refractivity contribution in [3.05, 3.63) is 75.4 Å². The Morgan fingerprint density at radius 1 is 0.745 bits per heavy atom. The molecule has 0 aliphatic carbocycles. The average Bonchev–Trinajstić information content (AvgIpc) is 3.74. The maximum Gasteiger partial charge on any atom is 0.341 e. The summed E-state index contributed by atoms with van der Waals surface area (Å²) in [6.45, 7) is 19.7. The van der Waals surface area contributed by atoms with Crippen molar-refractivity contribution >= 4 is 62.9 Å². The van der Waals surface area contributed by atoms with Crippen LogP contribution >= 0.6 is 34.8 Å². The lowest BCUT2D eigenvalue weighted by Gasteiger charge is -2.14. The van der Waals surface area contributed by atoms with Crippen LogP contribution in [0.15, 0.2) is 48.8 Å². The number of halogens is 3. The van der Waals surface area contributed by atoms with Crippen LogP contribution in [0.1, 0.15) is 47.4 Å². The molecule has 0 saturated heterocycles. The zero-order chi connectivity index (χ0) is 38.0. The van der Waals surface area contributed by atoms with Crippen LogP contribution in [0.4, 0.5) is 0 Å². The number of aromatic nitrogens is 6. The van der Waals surface area contributed by atoms with Crippen LogP contribution in [0, 0.1) is 0 Å². The topological polar surface area (TPSA) is 143 Å². The summed E-state index contributed by atoms with van der Waals surface area (Å²) < 4.78 is 22.4. The number of esters is 2. The molecule has 0 aliphatic heterocycles. The summed E-state index contributed by atoms with van der Waals surface area (Å²) in [7, 11) is -1.92. The van der Waals surface area contributed by atoms with Crippen molar-refractivity contribution in [2.45, 2.75) is 78.1 Å². The number of aromatic amines is 1. The summed E-state index contributed by atoms with van der Waals surface area (Å²) >= 11 is 17.3. The van der Waals surface area contributed by atoms with Crippen molar-refractivity contribution in [1.29, 1.82) is 0 Å². The van der Waals surface area contributed by atoms with E-state index in [0.717, 1.165) is 25.3 Å². The molecule has 0 atom stereocenters. The van der Waals surface area contributed by atoms with E-state index in [2.05, 4.69) is 64.5 Å². The molecule has 51 heavy (non-hydrogen) atoms. The van der Waals surface area contributed by atoms with E-state index in [1.54, 1.807) is 49.1 Å². The third-order valence-corrected chi connectivity index (χ3v) is 11.1. The number of carbonyl (C=O) groups is 2. The van der Waals surface area contributed by atoms with Gasteiger partial charge in [0.2, 0.25) is 11.8 Å². The second-order valence-electron chi connectivity index (χ2n) is 13.5. The van der Waals surface area contributed by atoms with Crippen LogP contribution in [0.25, 0.3) is 5.82 Å². The summed E-state index contributed by atoms with van der Waals surface area (Å²) in [4.78, 5) is 30.8. The van der Waals surface area contributed by atoms with Gasteiger partial charge in [0, 0.05) is 34.5 Å². The SMILES string of the molecule is CCOC(=O)c1ccc(-n2ccc(OCCC[Si](C)(C)C)n2)nc1Cl.CCOC(=O)c1ccc(Cl)nc1Cl.C[Si](C)(C)CCCOc1ccn[nH]1. The minimum Gasteiger partial charge on any atom is -0.478 e. The highest BCUT2D eigenvalue weighted by atomic mass is 35.5. The Morgan fingerprint density at radius 2 is 1.29 bits per heavy atom. The van der Waals surface area contributed by atoms with Crippen molar-refractivity contribution in [3.63, 3.8) is 0 Å². The second kappa shape index (κ2) is 21.8. The fourth-order valence-electron chi connectivity index (χ4n) is 4.09. The van der Waals surface area contributed by atoms with Crippen molar-refractivity contribution in [1.82, 2.24) is 29.9 Å². The predicted molar refractivity (Wildman–Crippen MR) is 208 cm³/mol.